The average molecular weight is 441 g/mol. The van der Waals surface area contributed by atoms with Gasteiger partial charge in [0, 0.05) is 17.4 Å². The topological polar surface area (TPSA) is 113 Å². The summed E-state index contributed by atoms with van der Waals surface area (Å²) in [6.07, 6.45) is -11.2. The number of carbonyl (C=O) groups excluding carboxylic acids is 1. The number of nitriles is 1. The number of benzene rings is 1. The number of hydrogen-bond acceptors (Lipinski definition) is 6. The summed E-state index contributed by atoms with van der Waals surface area (Å²) in [6.45, 7) is 1.02. The summed E-state index contributed by atoms with van der Waals surface area (Å²) in [7, 11) is 0. The predicted molar refractivity (Wildman–Crippen MR) is 97.6 cm³/mol. The Morgan fingerprint density at radius 3 is 2.65 bits per heavy atom. The zero-order valence-electron chi connectivity index (χ0n) is 15.9. The maximum Gasteiger partial charge on any atom is 0.417 e. The van der Waals surface area contributed by atoms with Gasteiger partial charge in [0.25, 0.3) is 5.91 Å². The van der Waals surface area contributed by atoms with E-state index in [1.165, 1.54) is 18.3 Å². The molecule has 1 aliphatic rings. The fourth-order valence-corrected chi connectivity index (χ4v) is 3.20. The van der Waals surface area contributed by atoms with Crippen LogP contribution in [0.4, 0.5) is 27.6 Å². The van der Waals surface area contributed by atoms with Crippen molar-refractivity contribution in [3.05, 3.63) is 59.2 Å². The molecular formula is C19H16F5N5O2. The van der Waals surface area contributed by atoms with Crippen molar-refractivity contribution in [1.29, 1.82) is 5.26 Å². The van der Waals surface area contributed by atoms with Gasteiger partial charge < -0.3 is 10.1 Å². The second-order valence-electron chi connectivity index (χ2n) is 6.96. The molecule has 0 saturated carbocycles. The van der Waals surface area contributed by atoms with Crippen molar-refractivity contribution >= 4 is 11.6 Å². The van der Waals surface area contributed by atoms with Gasteiger partial charge in [-0.25, -0.2) is 13.8 Å². The van der Waals surface area contributed by atoms with Gasteiger partial charge in [-0.15, -0.1) is 0 Å². The number of alkyl halides is 4. The van der Waals surface area contributed by atoms with Gasteiger partial charge in [0.15, 0.2) is 18.6 Å². The summed E-state index contributed by atoms with van der Waals surface area (Å²) in [6, 6.07) is 7.51. The van der Waals surface area contributed by atoms with Gasteiger partial charge in [-0.2, -0.15) is 18.4 Å². The maximum absolute atomic E-state index is 14.9. The van der Waals surface area contributed by atoms with Crippen LogP contribution in [0.2, 0.25) is 0 Å². The monoisotopic (exact) mass is 441 g/mol. The average Bonchev–Trinajstić information content (AvgIpc) is 2.71. The van der Waals surface area contributed by atoms with E-state index in [1.807, 2.05) is 6.07 Å². The number of anilines is 1. The lowest BCUT2D eigenvalue weighted by atomic mass is 9.82. The standard InChI is InChI=1S/C19H16F5N5O2/c1-18(14(21)15(19(22,23)24)31-17(26)29-18)11-6-10(3-4-12(11)20)28-16(30)13-5-2-9(7-25)8-27-13/h2-6,8,14-15,17,29H,26H2,1H3,(H,28,30)/t14-,15-,17?,18+/m0/s1. The van der Waals surface area contributed by atoms with E-state index in [9.17, 15) is 26.7 Å². The predicted octanol–water partition coefficient (Wildman–Crippen LogP) is 2.69. The van der Waals surface area contributed by atoms with E-state index in [0.29, 0.717) is 0 Å². The summed E-state index contributed by atoms with van der Waals surface area (Å²) < 4.78 is 73.5. The number of halogens is 5. The number of hydrogen-bond donors (Lipinski definition) is 3. The van der Waals surface area contributed by atoms with E-state index in [2.05, 4.69) is 20.4 Å². The van der Waals surface area contributed by atoms with Gasteiger partial charge in [0.2, 0.25) is 0 Å². The van der Waals surface area contributed by atoms with Crippen molar-refractivity contribution in [2.45, 2.75) is 37.3 Å². The number of carbonyl (C=O) groups is 1. The van der Waals surface area contributed by atoms with Gasteiger partial charge in [-0.3, -0.25) is 15.8 Å². The summed E-state index contributed by atoms with van der Waals surface area (Å²) in [5.41, 5.74) is 2.88. The third-order valence-electron chi connectivity index (χ3n) is 4.78. The summed E-state index contributed by atoms with van der Waals surface area (Å²) in [5, 5.41) is 13.5. The Bertz CT molecular complexity index is 1020. The van der Waals surface area contributed by atoms with E-state index in [0.717, 1.165) is 25.1 Å². The second-order valence-corrected chi connectivity index (χ2v) is 6.96. The first-order valence-corrected chi connectivity index (χ1v) is 8.83. The van der Waals surface area contributed by atoms with Gasteiger partial charge in [-0.1, -0.05) is 0 Å². The van der Waals surface area contributed by atoms with Gasteiger partial charge in [0.1, 0.15) is 17.6 Å². The van der Waals surface area contributed by atoms with Crippen LogP contribution in [-0.2, 0) is 10.3 Å². The fraction of sp³-hybridized carbons (Fsp3) is 0.316. The zero-order chi connectivity index (χ0) is 23.0. The molecule has 1 aliphatic heterocycles. The van der Waals surface area contributed by atoms with Crippen LogP contribution in [0.1, 0.15) is 28.5 Å². The number of pyridine rings is 1. The molecule has 31 heavy (non-hydrogen) atoms. The number of rotatable bonds is 3. The van der Waals surface area contributed by atoms with Crippen LogP contribution in [-0.4, -0.2) is 35.7 Å². The van der Waals surface area contributed by atoms with E-state index < -0.39 is 47.6 Å². The smallest absolute Gasteiger partial charge is 0.334 e. The number of aromatic nitrogens is 1. The van der Waals surface area contributed by atoms with Gasteiger partial charge in [0.05, 0.1) is 11.1 Å². The van der Waals surface area contributed by atoms with Crippen LogP contribution in [0, 0.1) is 17.1 Å². The molecule has 1 amide bonds. The molecule has 3 rings (SSSR count). The highest BCUT2D eigenvalue weighted by molar-refractivity contribution is 6.02. The van der Waals surface area contributed by atoms with Crippen LogP contribution in [0.15, 0.2) is 36.5 Å². The Morgan fingerprint density at radius 2 is 2.06 bits per heavy atom. The van der Waals surface area contributed by atoms with E-state index in [4.69, 9.17) is 11.0 Å². The molecule has 1 unspecified atom stereocenters. The minimum absolute atomic E-state index is 0.0218. The molecule has 1 fully saturated rings. The third-order valence-corrected chi connectivity index (χ3v) is 4.78. The SMILES string of the molecule is C[C@]1(c2cc(NC(=O)c3ccc(C#N)cn3)ccc2F)NC(N)O[C@H](C(F)(F)F)[C@@H]1F. The number of nitrogens with two attached hydrogens (primary N) is 1. The molecule has 0 spiro atoms. The van der Waals surface area contributed by atoms with Crippen molar-refractivity contribution in [2.75, 3.05) is 5.32 Å². The second kappa shape index (κ2) is 8.18. The molecular weight excluding hydrogens is 425 g/mol. The minimum atomic E-state index is -5.08. The lowest BCUT2D eigenvalue weighted by Gasteiger charge is -2.45. The lowest BCUT2D eigenvalue weighted by molar-refractivity contribution is -0.282. The maximum atomic E-state index is 14.9. The Kier molecular flexibility index (Phi) is 5.95. The van der Waals surface area contributed by atoms with Crippen LogP contribution >= 0.6 is 0 Å². The van der Waals surface area contributed by atoms with Gasteiger partial charge >= 0.3 is 6.18 Å². The molecule has 1 aromatic carbocycles. The number of nitrogens with one attached hydrogen (secondary N) is 2. The van der Waals surface area contributed by atoms with Crippen molar-refractivity contribution in [1.82, 2.24) is 10.3 Å². The largest absolute Gasteiger partial charge is 0.417 e. The van der Waals surface area contributed by atoms with E-state index >= 15 is 0 Å². The highest BCUT2D eigenvalue weighted by atomic mass is 19.4. The molecule has 164 valence electrons. The molecule has 2 heterocycles. The van der Waals surface area contributed by atoms with Gasteiger partial charge in [-0.05, 0) is 37.3 Å². The summed E-state index contributed by atoms with van der Waals surface area (Å²) in [4.78, 5) is 16.1. The van der Waals surface area contributed by atoms with Crippen molar-refractivity contribution < 1.29 is 31.5 Å². The van der Waals surface area contributed by atoms with Crippen molar-refractivity contribution in [3.63, 3.8) is 0 Å². The van der Waals surface area contributed by atoms with Crippen molar-refractivity contribution in [3.8, 4) is 6.07 Å². The lowest BCUT2D eigenvalue weighted by Crippen LogP contribution is -2.68. The van der Waals surface area contributed by atoms with Crippen LogP contribution in [0.3, 0.4) is 0 Å². The molecule has 0 bridgehead atoms. The molecule has 4 atom stereocenters. The molecule has 2 aromatic rings. The van der Waals surface area contributed by atoms with Crippen LogP contribution in [0.25, 0.3) is 0 Å². The molecule has 1 aromatic heterocycles. The minimum Gasteiger partial charge on any atom is -0.334 e. The van der Waals surface area contributed by atoms with E-state index in [1.54, 1.807) is 0 Å². The van der Waals surface area contributed by atoms with Crippen molar-refractivity contribution in [2.24, 2.45) is 5.73 Å². The first-order valence-electron chi connectivity index (χ1n) is 8.83. The first-order chi connectivity index (χ1) is 14.5. The normalized spacial score (nSPS) is 26.2. The molecule has 1 saturated heterocycles. The first kappa shape index (κ1) is 22.5. The quantitative estimate of drug-likeness (QED) is 0.632. The number of nitrogens with zero attached hydrogens (tertiary/aromatic N) is 2. The zero-order valence-corrected chi connectivity index (χ0v) is 15.9. The number of amides is 1. The Hall–Kier alpha value is -3.14. The van der Waals surface area contributed by atoms with Crippen LogP contribution in [0.5, 0.6) is 0 Å². The summed E-state index contributed by atoms with van der Waals surface area (Å²) >= 11 is 0. The Labute approximate surface area is 173 Å². The molecule has 7 nitrogen and oxygen atoms in total. The summed E-state index contributed by atoms with van der Waals surface area (Å²) in [5.74, 6) is -1.74. The Morgan fingerprint density at radius 1 is 1.35 bits per heavy atom. The van der Waals surface area contributed by atoms with Crippen LogP contribution < -0.4 is 16.4 Å². The number of ether oxygens (including phenoxy) is 1. The third kappa shape index (κ3) is 4.48. The molecule has 0 aliphatic carbocycles. The Balaban J connectivity index is 1.92. The molecule has 12 heteroatoms. The van der Waals surface area contributed by atoms with E-state index in [-0.39, 0.29) is 16.9 Å². The molecule has 0 radical (unpaired) electrons. The highest BCUT2D eigenvalue weighted by Crippen LogP contribution is 2.41. The molecule has 4 N–H and O–H groups in total. The fourth-order valence-electron chi connectivity index (χ4n) is 3.20. The highest BCUT2D eigenvalue weighted by Gasteiger charge is 2.58.